The zero-order valence-electron chi connectivity index (χ0n) is 13.8. The van der Waals surface area contributed by atoms with Crippen LogP contribution in [0.1, 0.15) is 24.1 Å². The molecule has 6 heteroatoms. The van der Waals surface area contributed by atoms with Crippen molar-refractivity contribution in [3.05, 3.63) is 59.7 Å². The Labute approximate surface area is 145 Å². The number of ether oxygens (including phenoxy) is 2. The van der Waals surface area contributed by atoms with E-state index in [9.17, 15) is 9.59 Å². The van der Waals surface area contributed by atoms with Gasteiger partial charge in [0.15, 0.2) is 12.7 Å². The highest BCUT2D eigenvalue weighted by Crippen LogP contribution is 2.28. The number of amides is 1. The Balaban J connectivity index is 1.56. The molecule has 0 unspecified atom stereocenters. The van der Waals surface area contributed by atoms with E-state index < -0.39 is 12.1 Å². The van der Waals surface area contributed by atoms with Gasteiger partial charge in [-0.1, -0.05) is 30.3 Å². The summed E-state index contributed by atoms with van der Waals surface area (Å²) in [5.74, 6) is 0.0478. The number of rotatable bonds is 6. The van der Waals surface area contributed by atoms with Crippen molar-refractivity contribution in [1.82, 2.24) is 5.32 Å². The number of hydrogen-bond donors (Lipinski definition) is 2. The number of carbonyl (C=O) groups excluding carboxylic acids is 1. The SMILES string of the molecule is C[C@H](NC(=O)[C@@H]1Cc2ccccc2O1)c1ccc(OCC(=O)O)cc1. The molecule has 0 radical (unpaired) electrons. The average molecular weight is 341 g/mol. The van der Waals surface area contributed by atoms with Gasteiger partial charge in [-0.2, -0.15) is 0 Å². The van der Waals surface area contributed by atoms with Crippen molar-refractivity contribution in [2.75, 3.05) is 6.61 Å². The van der Waals surface area contributed by atoms with E-state index in [0.717, 1.165) is 16.9 Å². The molecule has 2 aromatic carbocycles. The summed E-state index contributed by atoms with van der Waals surface area (Å²) in [6.45, 7) is 1.50. The van der Waals surface area contributed by atoms with E-state index in [1.54, 1.807) is 24.3 Å². The van der Waals surface area contributed by atoms with E-state index in [1.807, 2.05) is 31.2 Å². The number of benzene rings is 2. The summed E-state index contributed by atoms with van der Waals surface area (Å²) < 4.78 is 10.8. The third-order valence-corrected chi connectivity index (χ3v) is 4.04. The molecule has 2 aromatic rings. The third-order valence-electron chi connectivity index (χ3n) is 4.04. The molecule has 0 saturated heterocycles. The smallest absolute Gasteiger partial charge is 0.341 e. The number of aliphatic carboxylic acids is 1. The number of para-hydroxylation sites is 1. The maximum Gasteiger partial charge on any atom is 0.341 e. The highest BCUT2D eigenvalue weighted by molar-refractivity contribution is 5.82. The molecule has 1 heterocycles. The normalized spacial score (nSPS) is 16.4. The highest BCUT2D eigenvalue weighted by Gasteiger charge is 2.29. The molecule has 0 spiro atoms. The summed E-state index contributed by atoms with van der Waals surface area (Å²) in [7, 11) is 0. The molecule has 0 aliphatic carbocycles. The van der Waals surface area contributed by atoms with Crippen LogP contribution in [0.25, 0.3) is 0 Å². The average Bonchev–Trinajstić information content (AvgIpc) is 3.04. The van der Waals surface area contributed by atoms with E-state index in [-0.39, 0.29) is 18.6 Å². The second-order valence-corrected chi connectivity index (χ2v) is 5.90. The predicted octanol–water partition coefficient (Wildman–Crippen LogP) is 2.33. The first-order valence-electron chi connectivity index (χ1n) is 8.02. The number of carbonyl (C=O) groups is 2. The van der Waals surface area contributed by atoms with E-state index in [4.69, 9.17) is 14.6 Å². The van der Waals surface area contributed by atoms with E-state index in [1.165, 1.54) is 0 Å². The van der Waals surface area contributed by atoms with Crippen LogP contribution in [0.15, 0.2) is 48.5 Å². The lowest BCUT2D eigenvalue weighted by Crippen LogP contribution is -2.38. The summed E-state index contributed by atoms with van der Waals surface area (Å²) in [5.41, 5.74) is 1.93. The number of hydrogen-bond acceptors (Lipinski definition) is 4. The maximum absolute atomic E-state index is 12.4. The number of fused-ring (bicyclic) bond motifs is 1. The molecule has 2 atom stereocenters. The fourth-order valence-electron chi connectivity index (χ4n) is 2.72. The molecule has 0 saturated carbocycles. The monoisotopic (exact) mass is 341 g/mol. The molecule has 0 aromatic heterocycles. The van der Waals surface area contributed by atoms with Crippen molar-refractivity contribution in [1.29, 1.82) is 0 Å². The molecule has 1 aliphatic heterocycles. The van der Waals surface area contributed by atoms with Crippen molar-refractivity contribution in [3.8, 4) is 11.5 Å². The van der Waals surface area contributed by atoms with Gasteiger partial charge in [-0.25, -0.2) is 4.79 Å². The molecule has 3 rings (SSSR count). The Kier molecular flexibility index (Phi) is 4.88. The van der Waals surface area contributed by atoms with Crippen molar-refractivity contribution in [2.45, 2.75) is 25.5 Å². The third kappa shape index (κ3) is 4.09. The van der Waals surface area contributed by atoms with Gasteiger partial charge in [-0.15, -0.1) is 0 Å². The van der Waals surface area contributed by atoms with Gasteiger partial charge < -0.3 is 19.9 Å². The van der Waals surface area contributed by atoms with Crippen molar-refractivity contribution >= 4 is 11.9 Å². The molecular weight excluding hydrogens is 322 g/mol. The summed E-state index contributed by atoms with van der Waals surface area (Å²) in [6, 6.07) is 14.4. The fourth-order valence-corrected chi connectivity index (χ4v) is 2.72. The van der Waals surface area contributed by atoms with Crippen LogP contribution in [-0.4, -0.2) is 29.7 Å². The maximum atomic E-state index is 12.4. The van der Waals surface area contributed by atoms with Gasteiger partial charge in [0.2, 0.25) is 0 Å². The van der Waals surface area contributed by atoms with Crippen LogP contribution in [0.5, 0.6) is 11.5 Å². The molecule has 1 amide bonds. The van der Waals surface area contributed by atoms with Crippen LogP contribution in [0, 0.1) is 0 Å². The summed E-state index contributed by atoms with van der Waals surface area (Å²) in [6.07, 6.45) is 0.0504. The second kappa shape index (κ2) is 7.25. The van der Waals surface area contributed by atoms with Crippen LogP contribution in [0.3, 0.4) is 0 Å². The molecule has 130 valence electrons. The van der Waals surface area contributed by atoms with Gasteiger partial charge in [0.1, 0.15) is 11.5 Å². The van der Waals surface area contributed by atoms with Gasteiger partial charge in [0, 0.05) is 6.42 Å². The molecule has 1 aliphatic rings. The summed E-state index contributed by atoms with van der Waals surface area (Å²) >= 11 is 0. The van der Waals surface area contributed by atoms with Gasteiger partial charge in [0.25, 0.3) is 5.91 Å². The topological polar surface area (TPSA) is 84.9 Å². The standard InChI is InChI=1S/C19H19NO5/c1-12(13-6-8-15(9-7-13)24-11-18(21)22)20-19(23)17-10-14-4-2-3-5-16(14)25-17/h2-9,12,17H,10-11H2,1H3,(H,20,23)(H,21,22)/t12-,17-/m0/s1. The largest absolute Gasteiger partial charge is 0.482 e. The second-order valence-electron chi connectivity index (χ2n) is 5.90. The van der Waals surface area contributed by atoms with Crippen LogP contribution in [0.4, 0.5) is 0 Å². The molecule has 6 nitrogen and oxygen atoms in total. The first-order chi connectivity index (χ1) is 12.0. The number of carboxylic acid groups (broad SMARTS) is 1. The molecule has 25 heavy (non-hydrogen) atoms. The van der Waals surface area contributed by atoms with Gasteiger partial charge in [-0.05, 0) is 36.2 Å². The van der Waals surface area contributed by atoms with Gasteiger partial charge in [-0.3, -0.25) is 4.79 Å². The Bertz CT molecular complexity index is 747. The fraction of sp³-hybridized carbons (Fsp3) is 0.263. The van der Waals surface area contributed by atoms with Crippen LogP contribution in [-0.2, 0) is 16.0 Å². The van der Waals surface area contributed by atoms with Crippen LogP contribution >= 0.6 is 0 Å². The lowest BCUT2D eigenvalue weighted by molar-refractivity contribution is -0.139. The van der Waals surface area contributed by atoms with Crippen molar-refractivity contribution < 1.29 is 24.2 Å². The molecule has 0 fully saturated rings. The Morgan fingerprint density at radius 2 is 1.96 bits per heavy atom. The van der Waals surface area contributed by atoms with Gasteiger partial charge >= 0.3 is 5.97 Å². The van der Waals surface area contributed by atoms with Gasteiger partial charge in [0.05, 0.1) is 6.04 Å². The first-order valence-corrected chi connectivity index (χ1v) is 8.02. The highest BCUT2D eigenvalue weighted by atomic mass is 16.5. The number of nitrogens with one attached hydrogen (secondary N) is 1. The van der Waals surface area contributed by atoms with E-state index in [0.29, 0.717) is 12.2 Å². The molecule has 0 bridgehead atoms. The predicted molar refractivity (Wildman–Crippen MR) is 90.7 cm³/mol. The lowest BCUT2D eigenvalue weighted by atomic mass is 10.1. The van der Waals surface area contributed by atoms with Crippen LogP contribution in [0.2, 0.25) is 0 Å². The zero-order chi connectivity index (χ0) is 17.8. The first kappa shape index (κ1) is 16.8. The van der Waals surface area contributed by atoms with Crippen LogP contribution < -0.4 is 14.8 Å². The Morgan fingerprint density at radius 1 is 1.24 bits per heavy atom. The molecule has 2 N–H and O–H groups in total. The Morgan fingerprint density at radius 3 is 2.64 bits per heavy atom. The Hall–Kier alpha value is -3.02. The quantitative estimate of drug-likeness (QED) is 0.842. The minimum atomic E-state index is -1.03. The van der Waals surface area contributed by atoms with E-state index >= 15 is 0 Å². The minimum Gasteiger partial charge on any atom is -0.482 e. The van der Waals surface area contributed by atoms with Crippen molar-refractivity contribution in [3.63, 3.8) is 0 Å². The zero-order valence-corrected chi connectivity index (χ0v) is 13.8. The molecular formula is C19H19NO5. The summed E-state index contributed by atoms with van der Waals surface area (Å²) in [4.78, 5) is 22.9. The van der Waals surface area contributed by atoms with Crippen molar-refractivity contribution in [2.24, 2.45) is 0 Å². The summed E-state index contributed by atoms with van der Waals surface area (Å²) in [5, 5.41) is 11.5. The minimum absolute atomic E-state index is 0.157. The lowest BCUT2D eigenvalue weighted by Gasteiger charge is -2.18. The van der Waals surface area contributed by atoms with E-state index in [2.05, 4.69) is 5.32 Å². The number of carboxylic acids is 1.